The maximum absolute atomic E-state index is 6.45. The van der Waals surface area contributed by atoms with Crippen LogP contribution in [0.5, 0.6) is 0 Å². The second kappa shape index (κ2) is 12.8. The third-order valence-electron chi connectivity index (χ3n) is 11.6. The largest absolute Gasteiger partial charge is 0.436 e. The van der Waals surface area contributed by atoms with Gasteiger partial charge in [0.15, 0.2) is 17.2 Å². The van der Waals surface area contributed by atoms with Crippen LogP contribution in [0.2, 0.25) is 0 Å². The number of para-hydroxylation sites is 5. The first kappa shape index (κ1) is 33.1. The van der Waals surface area contributed by atoms with Crippen molar-refractivity contribution in [2.75, 3.05) is 0 Å². The van der Waals surface area contributed by atoms with Gasteiger partial charge in [0.25, 0.3) is 0 Å². The molecule has 0 aliphatic carbocycles. The topological polar surface area (TPSA) is 74.6 Å². The van der Waals surface area contributed by atoms with Crippen LogP contribution in [0.25, 0.3) is 121 Å². The molecule has 13 aromatic rings. The number of hydrogen-bond donors (Lipinski definition) is 0. The van der Waals surface area contributed by atoms with Gasteiger partial charge in [-0.3, -0.25) is 4.57 Å². The van der Waals surface area contributed by atoms with Crippen molar-refractivity contribution in [2.45, 2.75) is 0 Å². The number of rotatable bonds is 5. The van der Waals surface area contributed by atoms with E-state index in [-0.39, 0.29) is 0 Å². The van der Waals surface area contributed by atoms with E-state index in [4.69, 9.17) is 24.4 Å². The molecule has 0 atom stereocenters. The molecular formula is C52H30N6OS. The average molecular weight is 787 g/mol. The van der Waals surface area contributed by atoms with Gasteiger partial charge in [0.1, 0.15) is 5.52 Å². The smallest absolute Gasteiger partial charge is 0.238 e. The van der Waals surface area contributed by atoms with Crippen molar-refractivity contribution in [1.82, 2.24) is 29.1 Å². The molecule has 5 aromatic heterocycles. The van der Waals surface area contributed by atoms with Gasteiger partial charge in [-0.2, -0.15) is 9.97 Å². The van der Waals surface area contributed by atoms with Gasteiger partial charge in [-0.05, 0) is 48.5 Å². The maximum Gasteiger partial charge on any atom is 0.238 e. The Hall–Kier alpha value is -7.94. The van der Waals surface area contributed by atoms with Crippen LogP contribution in [-0.2, 0) is 0 Å². The Balaban J connectivity index is 1.17. The SMILES string of the molecule is c1ccc(-c2nc(-c3cccc4sc5ccccc5c34)nc(-n3c4ccccc4c4ccc5c6ccccc6n(-c6ccccc6-c6nc7ccccc7o6)c5c43)n2)cc1. The van der Waals surface area contributed by atoms with Gasteiger partial charge in [0, 0.05) is 52.8 Å². The molecule has 0 fully saturated rings. The van der Waals surface area contributed by atoms with E-state index in [0.717, 1.165) is 82.5 Å². The Morgan fingerprint density at radius 2 is 1.03 bits per heavy atom. The van der Waals surface area contributed by atoms with Gasteiger partial charge in [-0.25, -0.2) is 9.97 Å². The number of aromatic nitrogens is 6. The summed E-state index contributed by atoms with van der Waals surface area (Å²) in [6, 6.07) is 63.2. The van der Waals surface area contributed by atoms with Crippen molar-refractivity contribution in [3.63, 3.8) is 0 Å². The summed E-state index contributed by atoms with van der Waals surface area (Å²) < 4.78 is 13.5. The van der Waals surface area contributed by atoms with Crippen LogP contribution < -0.4 is 0 Å². The fraction of sp³-hybridized carbons (Fsp3) is 0. The van der Waals surface area contributed by atoms with Gasteiger partial charge in [0.05, 0.1) is 33.3 Å². The summed E-state index contributed by atoms with van der Waals surface area (Å²) in [5.41, 5.74) is 9.39. The Kier molecular flexibility index (Phi) is 7.05. The molecule has 0 aliphatic rings. The molecule has 8 aromatic carbocycles. The molecule has 13 rings (SSSR count). The maximum atomic E-state index is 6.45. The predicted molar refractivity (Wildman–Crippen MR) is 245 cm³/mol. The molecule has 60 heavy (non-hydrogen) atoms. The van der Waals surface area contributed by atoms with Gasteiger partial charge in [-0.15, -0.1) is 11.3 Å². The van der Waals surface area contributed by atoms with E-state index in [1.807, 2.05) is 48.5 Å². The summed E-state index contributed by atoms with van der Waals surface area (Å²) >= 11 is 1.79. The van der Waals surface area contributed by atoms with Gasteiger partial charge < -0.3 is 8.98 Å². The summed E-state index contributed by atoms with van der Waals surface area (Å²) in [6.07, 6.45) is 0. The first-order valence-electron chi connectivity index (χ1n) is 19.9. The number of fused-ring (bicyclic) bond motifs is 11. The van der Waals surface area contributed by atoms with E-state index in [1.165, 1.54) is 14.8 Å². The third kappa shape index (κ3) is 4.82. The van der Waals surface area contributed by atoms with E-state index in [2.05, 4.69) is 143 Å². The van der Waals surface area contributed by atoms with Crippen molar-refractivity contribution < 1.29 is 4.42 Å². The highest BCUT2D eigenvalue weighted by Crippen LogP contribution is 2.44. The highest BCUT2D eigenvalue weighted by Gasteiger charge is 2.25. The lowest BCUT2D eigenvalue weighted by molar-refractivity contribution is 0.619. The van der Waals surface area contributed by atoms with E-state index < -0.39 is 0 Å². The number of hydrogen-bond acceptors (Lipinski definition) is 6. The number of thiophene rings is 1. The number of nitrogens with zero attached hydrogens (tertiary/aromatic N) is 6. The van der Waals surface area contributed by atoms with Gasteiger partial charge in [-0.1, -0.05) is 133 Å². The van der Waals surface area contributed by atoms with E-state index in [9.17, 15) is 0 Å². The quantitative estimate of drug-likeness (QED) is 0.174. The molecule has 0 saturated heterocycles. The zero-order chi connectivity index (χ0) is 39.3. The highest BCUT2D eigenvalue weighted by atomic mass is 32.1. The van der Waals surface area contributed by atoms with E-state index in [1.54, 1.807) is 11.3 Å². The Morgan fingerprint density at radius 1 is 0.417 bits per heavy atom. The van der Waals surface area contributed by atoms with Gasteiger partial charge in [0.2, 0.25) is 11.8 Å². The minimum Gasteiger partial charge on any atom is -0.436 e. The van der Waals surface area contributed by atoms with Crippen molar-refractivity contribution in [2.24, 2.45) is 0 Å². The molecule has 0 amide bonds. The molecule has 7 nitrogen and oxygen atoms in total. The fourth-order valence-electron chi connectivity index (χ4n) is 9.06. The minimum atomic E-state index is 0.540. The minimum absolute atomic E-state index is 0.540. The predicted octanol–water partition coefficient (Wildman–Crippen LogP) is 13.6. The van der Waals surface area contributed by atoms with Crippen LogP contribution in [0.3, 0.4) is 0 Å². The Bertz CT molecular complexity index is 3820. The summed E-state index contributed by atoms with van der Waals surface area (Å²) in [5.74, 6) is 2.33. The van der Waals surface area contributed by atoms with Crippen molar-refractivity contribution in [3.8, 4) is 45.9 Å². The summed E-state index contributed by atoms with van der Waals surface area (Å²) in [5, 5.41) is 6.78. The standard InChI is InChI=1S/C52H30N6OS/c1-2-15-31(16-3-1)49-54-50(38-21-14-28-45-46(38)37-20-7-13-27-44(37)60-45)56-52(55-49)58-41-24-10-5-18-33(41)35-30-29-34-32-17-4-9-23-40(32)57(47(34)48(35)58)42-25-11-6-19-36(42)51-53-39-22-8-12-26-43(39)59-51/h1-30H. The van der Waals surface area contributed by atoms with Crippen LogP contribution >= 0.6 is 11.3 Å². The third-order valence-corrected chi connectivity index (χ3v) is 12.8. The lowest BCUT2D eigenvalue weighted by atomic mass is 10.1. The number of oxazole rings is 1. The lowest BCUT2D eigenvalue weighted by Gasteiger charge is -2.15. The molecule has 0 saturated carbocycles. The molecule has 0 N–H and O–H groups in total. The molecule has 0 spiro atoms. The van der Waals surface area contributed by atoms with E-state index in [0.29, 0.717) is 23.5 Å². The zero-order valence-corrected chi connectivity index (χ0v) is 32.6. The van der Waals surface area contributed by atoms with E-state index >= 15 is 0 Å². The first-order valence-corrected chi connectivity index (χ1v) is 20.7. The first-order chi connectivity index (χ1) is 29.8. The van der Waals surface area contributed by atoms with Crippen molar-refractivity contribution in [3.05, 3.63) is 182 Å². The van der Waals surface area contributed by atoms with Gasteiger partial charge >= 0.3 is 0 Å². The molecule has 5 heterocycles. The van der Waals surface area contributed by atoms with Crippen molar-refractivity contribution >= 4 is 86.2 Å². The summed E-state index contributed by atoms with van der Waals surface area (Å²) in [4.78, 5) is 21.1. The molecule has 280 valence electrons. The van der Waals surface area contributed by atoms with Crippen LogP contribution in [-0.4, -0.2) is 29.1 Å². The zero-order valence-electron chi connectivity index (χ0n) is 31.8. The summed E-state index contributed by atoms with van der Waals surface area (Å²) in [6.45, 7) is 0. The Labute approximate surface area is 346 Å². The second-order valence-electron chi connectivity index (χ2n) is 15.0. The van der Waals surface area contributed by atoms with Crippen LogP contribution in [0.15, 0.2) is 186 Å². The average Bonchev–Trinajstić information content (AvgIpc) is 4.08. The fourth-order valence-corrected chi connectivity index (χ4v) is 10.2. The molecule has 0 unspecified atom stereocenters. The lowest BCUT2D eigenvalue weighted by Crippen LogP contribution is -2.07. The Morgan fingerprint density at radius 3 is 1.85 bits per heavy atom. The molecular weight excluding hydrogens is 757 g/mol. The molecule has 0 radical (unpaired) electrons. The molecule has 0 aliphatic heterocycles. The molecule has 0 bridgehead atoms. The monoisotopic (exact) mass is 786 g/mol. The second-order valence-corrected chi connectivity index (χ2v) is 16.1. The van der Waals surface area contributed by atoms with Crippen LogP contribution in [0.1, 0.15) is 0 Å². The van der Waals surface area contributed by atoms with Crippen molar-refractivity contribution in [1.29, 1.82) is 0 Å². The normalized spacial score (nSPS) is 12.0. The van der Waals surface area contributed by atoms with Crippen LogP contribution in [0, 0.1) is 0 Å². The number of benzene rings is 8. The van der Waals surface area contributed by atoms with Crippen LogP contribution in [0.4, 0.5) is 0 Å². The molecule has 8 heteroatoms. The summed E-state index contributed by atoms with van der Waals surface area (Å²) in [7, 11) is 0. The highest BCUT2D eigenvalue weighted by molar-refractivity contribution is 7.25.